The molecule has 0 heterocycles. The van der Waals surface area contributed by atoms with Gasteiger partial charge in [-0.2, -0.15) is 0 Å². The molecule has 1 nitrogen and oxygen atoms in total. The SMILES string of the molecule is O=C1C(=Cc2ccccc2)C(Br)c2cc(Br)ccc21. The number of benzene rings is 2. The fraction of sp³-hybridized carbons (Fsp3) is 0.0625. The predicted molar refractivity (Wildman–Crippen MR) is 84.6 cm³/mol. The second-order valence-electron chi connectivity index (χ2n) is 4.43. The Morgan fingerprint density at radius 2 is 1.79 bits per heavy atom. The normalized spacial score (nSPS) is 19.8. The molecular formula is C16H10Br2O. The van der Waals surface area contributed by atoms with Gasteiger partial charge in [0, 0.05) is 15.6 Å². The number of halogens is 2. The Hall–Kier alpha value is -1.19. The summed E-state index contributed by atoms with van der Waals surface area (Å²) in [5.74, 6) is 0.105. The van der Waals surface area contributed by atoms with E-state index in [1.54, 1.807) is 0 Å². The van der Waals surface area contributed by atoms with Crippen molar-refractivity contribution >= 4 is 43.7 Å². The molecule has 3 rings (SSSR count). The molecule has 0 fully saturated rings. The van der Waals surface area contributed by atoms with E-state index in [4.69, 9.17) is 0 Å². The fourth-order valence-corrected chi connectivity index (χ4v) is 3.35. The lowest BCUT2D eigenvalue weighted by molar-refractivity contribution is 0.104. The number of carbonyl (C=O) groups excluding carboxylic acids is 1. The van der Waals surface area contributed by atoms with Gasteiger partial charge in [-0.05, 0) is 35.4 Å². The first-order valence-corrected chi connectivity index (χ1v) is 7.62. The number of allylic oxidation sites excluding steroid dienone is 1. The van der Waals surface area contributed by atoms with E-state index in [1.165, 1.54) is 0 Å². The summed E-state index contributed by atoms with van der Waals surface area (Å²) in [5.41, 5.74) is 3.65. The van der Waals surface area contributed by atoms with Crippen molar-refractivity contribution in [1.29, 1.82) is 0 Å². The molecule has 0 radical (unpaired) electrons. The number of hydrogen-bond donors (Lipinski definition) is 0. The Morgan fingerprint density at radius 3 is 2.53 bits per heavy atom. The molecule has 1 unspecified atom stereocenters. The van der Waals surface area contributed by atoms with Crippen molar-refractivity contribution in [2.45, 2.75) is 4.83 Å². The summed E-state index contributed by atoms with van der Waals surface area (Å²) >= 11 is 7.07. The van der Waals surface area contributed by atoms with E-state index in [0.29, 0.717) is 0 Å². The van der Waals surface area contributed by atoms with Crippen molar-refractivity contribution in [2.75, 3.05) is 0 Å². The second kappa shape index (κ2) is 5.06. The summed E-state index contributed by atoms with van der Waals surface area (Å²) in [7, 11) is 0. The minimum atomic E-state index is -0.0345. The van der Waals surface area contributed by atoms with Crippen LogP contribution in [0.25, 0.3) is 6.08 Å². The van der Waals surface area contributed by atoms with Crippen molar-refractivity contribution in [3.05, 3.63) is 75.3 Å². The van der Waals surface area contributed by atoms with E-state index >= 15 is 0 Å². The molecule has 19 heavy (non-hydrogen) atoms. The van der Waals surface area contributed by atoms with E-state index in [-0.39, 0.29) is 10.6 Å². The average Bonchev–Trinajstić information content (AvgIpc) is 2.65. The molecule has 0 bridgehead atoms. The van der Waals surface area contributed by atoms with Crippen molar-refractivity contribution in [2.24, 2.45) is 0 Å². The van der Waals surface area contributed by atoms with Gasteiger partial charge < -0.3 is 0 Å². The monoisotopic (exact) mass is 376 g/mol. The number of carbonyl (C=O) groups is 1. The van der Waals surface area contributed by atoms with Crippen LogP contribution >= 0.6 is 31.9 Å². The first-order valence-electron chi connectivity index (χ1n) is 5.91. The third-order valence-corrected chi connectivity index (χ3v) is 4.67. The first kappa shape index (κ1) is 12.8. The summed E-state index contributed by atoms with van der Waals surface area (Å²) in [6, 6.07) is 15.7. The van der Waals surface area contributed by atoms with Gasteiger partial charge in [0.1, 0.15) is 0 Å². The molecule has 0 saturated heterocycles. The lowest BCUT2D eigenvalue weighted by Gasteiger charge is -2.04. The molecule has 2 aromatic carbocycles. The smallest absolute Gasteiger partial charge is 0.190 e. The predicted octanol–water partition coefficient (Wildman–Crippen LogP) is 5.17. The van der Waals surface area contributed by atoms with Crippen molar-refractivity contribution < 1.29 is 4.79 Å². The number of ketones is 1. The van der Waals surface area contributed by atoms with Crippen LogP contribution in [0, 0.1) is 0 Å². The molecule has 0 amide bonds. The van der Waals surface area contributed by atoms with Crippen LogP contribution in [0.3, 0.4) is 0 Å². The van der Waals surface area contributed by atoms with Gasteiger partial charge >= 0.3 is 0 Å². The number of fused-ring (bicyclic) bond motifs is 1. The molecule has 1 aliphatic rings. The highest BCUT2D eigenvalue weighted by Gasteiger charge is 2.32. The van der Waals surface area contributed by atoms with Crippen LogP contribution in [0.1, 0.15) is 26.3 Å². The minimum absolute atomic E-state index is 0.0345. The molecule has 0 saturated carbocycles. The molecule has 1 atom stereocenters. The van der Waals surface area contributed by atoms with Crippen molar-refractivity contribution in [3.8, 4) is 0 Å². The molecule has 94 valence electrons. The van der Waals surface area contributed by atoms with Crippen molar-refractivity contribution in [3.63, 3.8) is 0 Å². The van der Waals surface area contributed by atoms with Crippen LogP contribution in [-0.4, -0.2) is 5.78 Å². The molecule has 0 aromatic heterocycles. The van der Waals surface area contributed by atoms with E-state index in [1.807, 2.05) is 54.6 Å². The Balaban J connectivity index is 2.08. The van der Waals surface area contributed by atoms with Gasteiger partial charge in [-0.25, -0.2) is 0 Å². The van der Waals surface area contributed by atoms with Crippen molar-refractivity contribution in [1.82, 2.24) is 0 Å². The zero-order valence-corrected chi connectivity index (χ0v) is 13.1. The average molecular weight is 378 g/mol. The molecular weight excluding hydrogens is 368 g/mol. The van der Waals surface area contributed by atoms with Crippen LogP contribution in [0.2, 0.25) is 0 Å². The van der Waals surface area contributed by atoms with Crippen LogP contribution in [0.15, 0.2) is 58.6 Å². The maximum Gasteiger partial charge on any atom is 0.190 e. The Kier molecular flexibility index (Phi) is 3.42. The van der Waals surface area contributed by atoms with Crippen LogP contribution in [0.5, 0.6) is 0 Å². The summed E-state index contributed by atoms with van der Waals surface area (Å²) in [6.07, 6.45) is 1.95. The molecule has 0 aliphatic heterocycles. The first-order chi connectivity index (χ1) is 9.16. The van der Waals surface area contributed by atoms with Gasteiger partial charge in [0.15, 0.2) is 5.78 Å². The van der Waals surface area contributed by atoms with Gasteiger partial charge in [0.2, 0.25) is 0 Å². The van der Waals surface area contributed by atoms with Gasteiger partial charge in [-0.15, -0.1) is 0 Å². The number of Topliss-reactive ketones (excluding diaryl/α,β-unsaturated/α-hetero) is 1. The summed E-state index contributed by atoms with van der Waals surface area (Å²) in [5, 5.41) is 0. The van der Waals surface area contributed by atoms with Gasteiger partial charge in [0.05, 0.1) is 4.83 Å². The van der Waals surface area contributed by atoms with Crippen LogP contribution in [-0.2, 0) is 0 Å². The summed E-state index contributed by atoms with van der Waals surface area (Å²) in [4.78, 5) is 12.4. The quantitative estimate of drug-likeness (QED) is 0.495. The second-order valence-corrected chi connectivity index (χ2v) is 6.26. The summed E-state index contributed by atoms with van der Waals surface area (Å²) < 4.78 is 0.990. The Bertz CT molecular complexity index is 674. The highest BCUT2D eigenvalue weighted by molar-refractivity contribution is 9.10. The molecule has 0 N–H and O–H groups in total. The number of hydrogen-bond acceptors (Lipinski definition) is 1. The Labute approximate surface area is 128 Å². The zero-order chi connectivity index (χ0) is 13.4. The van der Waals surface area contributed by atoms with Crippen LogP contribution < -0.4 is 0 Å². The van der Waals surface area contributed by atoms with Gasteiger partial charge in [0.25, 0.3) is 0 Å². The Morgan fingerprint density at radius 1 is 1.05 bits per heavy atom. The maximum absolute atomic E-state index is 12.4. The highest BCUT2D eigenvalue weighted by atomic mass is 79.9. The maximum atomic E-state index is 12.4. The van der Waals surface area contributed by atoms with Gasteiger partial charge in [-0.3, -0.25) is 4.79 Å². The molecule has 2 aromatic rings. The number of alkyl halides is 1. The summed E-state index contributed by atoms with van der Waals surface area (Å²) in [6.45, 7) is 0. The fourth-order valence-electron chi connectivity index (χ4n) is 2.26. The third kappa shape index (κ3) is 2.33. The van der Waals surface area contributed by atoms with E-state index < -0.39 is 0 Å². The number of rotatable bonds is 1. The van der Waals surface area contributed by atoms with E-state index in [2.05, 4.69) is 31.9 Å². The highest BCUT2D eigenvalue weighted by Crippen LogP contribution is 2.43. The third-order valence-electron chi connectivity index (χ3n) is 3.19. The van der Waals surface area contributed by atoms with Crippen LogP contribution in [0.4, 0.5) is 0 Å². The standard InChI is InChI=1S/C16H10Br2O/c17-11-6-7-12-13(9-11)15(18)14(16(12)19)8-10-4-2-1-3-5-10/h1-9,15H. The topological polar surface area (TPSA) is 17.1 Å². The lowest BCUT2D eigenvalue weighted by Crippen LogP contribution is -1.95. The van der Waals surface area contributed by atoms with E-state index in [0.717, 1.165) is 26.7 Å². The van der Waals surface area contributed by atoms with E-state index in [9.17, 15) is 4.79 Å². The molecule has 1 aliphatic carbocycles. The van der Waals surface area contributed by atoms with Gasteiger partial charge in [-0.1, -0.05) is 62.2 Å². The zero-order valence-electron chi connectivity index (χ0n) is 9.94. The largest absolute Gasteiger partial charge is 0.289 e. The molecule has 0 spiro atoms. The molecule has 3 heteroatoms. The lowest BCUT2D eigenvalue weighted by atomic mass is 10.1. The minimum Gasteiger partial charge on any atom is -0.289 e.